The molecule has 7 aromatic rings. The van der Waals surface area contributed by atoms with Gasteiger partial charge in [0.2, 0.25) is 41.4 Å². The molecule has 6 aromatic heterocycles. The largest absolute Gasteiger partial charge is 0.281 e. The van der Waals surface area contributed by atoms with E-state index in [2.05, 4.69) is 72.8 Å². The first-order chi connectivity index (χ1) is 58.9. The minimum Gasteiger partial charge on any atom is -0.276 e. The van der Waals surface area contributed by atoms with Gasteiger partial charge in [-0.15, -0.1) is 0 Å². The molecule has 0 radical (unpaired) electrons. The number of pyridine rings is 3. The molecule has 0 unspecified atom stereocenters. The van der Waals surface area contributed by atoms with Crippen LogP contribution in [0.4, 0.5) is 0 Å². The lowest BCUT2D eigenvalue weighted by molar-refractivity contribution is -0.130. The summed E-state index contributed by atoms with van der Waals surface area (Å²) in [6.45, 7) is 54.1. The SMILES string of the molecule is CC(C)c1cc2c(cn1)CC(=O)N(C(C)C)C2=O.CC(C)c1cc2c(nn1)CC(=O)N(C(C)C)C2=O.CC(C)c1ccc2c(c1)C(=O)N(C(C)C)C(=O)C2.CC(C)c1ccc2c(n1)C(=O)N(C(C)C)C(=O)C2.CC(C)c1cnc2c(c1)C(=O)N(C(C)C)C(=O)C2.CC(C)c1cnc2c(n1)C(=O)N(C(C)C)C(=O)C2.CC(C)c1ncc2c(n1)C(=O)N(C(C)C)C(=O)C2. The fourth-order valence-electron chi connectivity index (χ4n) is 14.8. The molecule has 0 bridgehead atoms. The minimum absolute atomic E-state index is 0.0825. The summed E-state index contributed by atoms with van der Waals surface area (Å²) in [6.07, 6.45) is 8.28. The van der Waals surface area contributed by atoms with Gasteiger partial charge in [-0.3, -0.25) is 116 Å². The number of benzene rings is 1. The molecule has 14 rings (SSSR count). The predicted molar refractivity (Wildman–Crippen MR) is 474 cm³/mol. The Morgan fingerprint density at radius 3 is 1.02 bits per heavy atom. The number of nitrogens with zero attached hydrogens (tertiary/aromatic N) is 16. The van der Waals surface area contributed by atoms with Crippen LogP contribution in [0.15, 0.2) is 73.3 Å². The zero-order chi connectivity index (χ0) is 94.1. The molecule has 30 heteroatoms. The van der Waals surface area contributed by atoms with E-state index in [9.17, 15) is 67.1 Å². The normalized spacial score (nSPS) is 15.6. The number of hydrogen-bond donors (Lipinski definition) is 0. The smallest absolute Gasteiger partial charge is 0.276 e. The van der Waals surface area contributed by atoms with Gasteiger partial charge in [0.25, 0.3) is 41.4 Å². The number of amides is 14. The lowest BCUT2D eigenvalue weighted by atomic mass is 9.92. The third-order valence-electron chi connectivity index (χ3n) is 21.9. The predicted octanol–water partition coefficient (Wildman–Crippen LogP) is 13.8. The molecule has 0 spiro atoms. The molecule has 672 valence electrons. The fraction of sp³-hybridized carbons (Fsp3) is 0.510. The lowest BCUT2D eigenvalue weighted by Gasteiger charge is -2.30. The average Bonchev–Trinajstić information content (AvgIpc) is 0.819. The standard InChI is InChI=1S/C15H19NO2.3C14H18N2O2.3C13H17N3O2/c1-9(2)11-5-6-12-8-14(17)16(10(3)4)15(18)13(12)7-11;1-8(2)12-6-11-10(7-15-12)5-13(17)16(9(3)4)14(11)18;1-8(2)10-5-11-12(15-7-10)6-13(17)16(9(3)4)14(11)18;1-8(2)11-6-5-10-7-12(17)16(9(3)4)14(18)13(10)15-11;1-7(2)10-6-14-9-5-11(17)16(8(3)4)13(18)12(9)15-10;1-7(2)10-5-9-11(15-14-10)6-12(17)16(8(3)4)13(9)18;1-7(2)12-14-6-9-5-10(17)16(8(3)4)13(18)11(9)15-12/h5-7,9-10H,8H2,1-4H3;6-9H,5H2,1-4H3;5,7-9H,6H2,1-4H3;5-6,8-9H,7H2,1-4H3;6-8H,5H2,1-4H3;5,7-8H,6H2,1-4H3;6-8H,5H2,1-4H3. The van der Waals surface area contributed by atoms with Crippen LogP contribution in [-0.4, -0.2) is 204 Å². The van der Waals surface area contributed by atoms with Crippen molar-refractivity contribution in [3.05, 3.63) is 192 Å². The van der Waals surface area contributed by atoms with Gasteiger partial charge < -0.3 is 0 Å². The van der Waals surface area contributed by atoms with Crippen LogP contribution in [0.25, 0.3) is 0 Å². The first kappa shape index (κ1) is 99.3. The number of hydrogen-bond acceptors (Lipinski definition) is 23. The van der Waals surface area contributed by atoms with E-state index >= 15 is 0 Å². The third kappa shape index (κ3) is 22.6. The van der Waals surface area contributed by atoms with Crippen LogP contribution in [-0.2, 0) is 78.5 Å². The van der Waals surface area contributed by atoms with Crippen molar-refractivity contribution in [3.63, 3.8) is 0 Å². The van der Waals surface area contributed by atoms with Gasteiger partial charge in [0, 0.05) is 101 Å². The van der Waals surface area contributed by atoms with Crippen LogP contribution in [0, 0.1) is 0 Å². The molecular formula is C96H124N16O14. The van der Waals surface area contributed by atoms with Crippen molar-refractivity contribution >= 4 is 82.7 Å². The Hall–Kier alpha value is -12.1. The van der Waals surface area contributed by atoms with Crippen molar-refractivity contribution in [2.45, 2.75) is 323 Å². The van der Waals surface area contributed by atoms with Crippen molar-refractivity contribution < 1.29 is 67.1 Å². The summed E-state index contributed by atoms with van der Waals surface area (Å²) in [5.74, 6) is -0.365. The first-order valence-electron chi connectivity index (χ1n) is 43.6. The first-order valence-corrected chi connectivity index (χ1v) is 43.6. The van der Waals surface area contributed by atoms with Gasteiger partial charge in [-0.2, -0.15) is 10.2 Å². The van der Waals surface area contributed by atoms with E-state index in [1.165, 1.54) is 34.3 Å². The second-order valence-electron chi connectivity index (χ2n) is 36.5. The van der Waals surface area contributed by atoms with Crippen LogP contribution in [0.3, 0.4) is 0 Å². The molecule has 7 aliphatic heterocycles. The second-order valence-corrected chi connectivity index (χ2v) is 36.5. The van der Waals surface area contributed by atoms with Gasteiger partial charge in [0.05, 0.1) is 84.5 Å². The minimum atomic E-state index is -0.328. The molecule has 14 amide bonds. The summed E-state index contributed by atoms with van der Waals surface area (Å²) >= 11 is 0. The van der Waals surface area contributed by atoms with Crippen molar-refractivity contribution in [2.75, 3.05) is 0 Å². The molecule has 0 N–H and O–H groups in total. The Balaban J connectivity index is 0.000000182. The van der Waals surface area contributed by atoms with E-state index in [-0.39, 0.29) is 193 Å². The summed E-state index contributed by atoms with van der Waals surface area (Å²) in [6, 6.07) is 14.2. The van der Waals surface area contributed by atoms with Gasteiger partial charge in [-0.25, -0.2) is 19.9 Å². The summed E-state index contributed by atoms with van der Waals surface area (Å²) < 4.78 is 0. The Morgan fingerprint density at radius 2 is 0.571 bits per heavy atom. The van der Waals surface area contributed by atoms with Crippen LogP contribution in [0.5, 0.6) is 0 Å². The zero-order valence-electron chi connectivity index (χ0n) is 78.3. The summed E-state index contributed by atoms with van der Waals surface area (Å²) in [5, 5.41) is 8.07. The van der Waals surface area contributed by atoms with E-state index < -0.39 is 0 Å². The van der Waals surface area contributed by atoms with E-state index in [1.54, 1.807) is 30.9 Å². The second kappa shape index (κ2) is 41.8. The molecule has 126 heavy (non-hydrogen) atoms. The molecule has 0 atom stereocenters. The van der Waals surface area contributed by atoms with E-state index in [0.717, 1.165) is 50.6 Å². The van der Waals surface area contributed by atoms with Crippen molar-refractivity contribution in [1.82, 2.24) is 79.4 Å². The van der Waals surface area contributed by atoms with Crippen molar-refractivity contribution in [3.8, 4) is 0 Å². The van der Waals surface area contributed by atoms with Crippen molar-refractivity contribution in [1.29, 1.82) is 0 Å². The highest BCUT2D eigenvalue weighted by atomic mass is 16.2. The van der Waals surface area contributed by atoms with Gasteiger partial charge >= 0.3 is 0 Å². The highest BCUT2D eigenvalue weighted by molar-refractivity contribution is 6.14. The topological polar surface area (TPSA) is 378 Å². The monoisotopic (exact) mass is 1720 g/mol. The number of imide groups is 7. The number of fused-ring (bicyclic) bond motifs is 7. The molecule has 1 aromatic carbocycles. The van der Waals surface area contributed by atoms with E-state index in [0.29, 0.717) is 86.1 Å². The molecule has 30 nitrogen and oxygen atoms in total. The van der Waals surface area contributed by atoms with Crippen LogP contribution >= 0.6 is 0 Å². The fourth-order valence-corrected chi connectivity index (χ4v) is 14.8. The Bertz CT molecular complexity index is 4470. The van der Waals surface area contributed by atoms with Gasteiger partial charge in [-0.05, 0) is 191 Å². The molecule has 7 aliphatic rings. The summed E-state index contributed by atoms with van der Waals surface area (Å²) in [5.41, 5.74) is 13.6. The summed E-state index contributed by atoms with van der Waals surface area (Å²) in [7, 11) is 0. The zero-order valence-corrected chi connectivity index (χ0v) is 78.3. The number of aromatic nitrogens is 9. The lowest BCUT2D eigenvalue weighted by Crippen LogP contribution is -2.47. The number of carbonyl (C=O) groups is 14. The molecule has 0 saturated heterocycles. The molecule has 0 fully saturated rings. The average molecular weight is 1730 g/mol. The van der Waals surface area contributed by atoms with Gasteiger partial charge in [0.1, 0.15) is 17.2 Å². The van der Waals surface area contributed by atoms with Crippen LogP contribution in [0.1, 0.15) is 387 Å². The maximum atomic E-state index is 12.3. The van der Waals surface area contributed by atoms with Crippen molar-refractivity contribution in [2.24, 2.45) is 0 Å². The number of carbonyl (C=O) groups excluding carboxylic acids is 14. The van der Waals surface area contributed by atoms with Gasteiger partial charge in [0.15, 0.2) is 5.69 Å². The van der Waals surface area contributed by atoms with E-state index in [4.69, 9.17) is 0 Å². The maximum Gasteiger partial charge on any atom is 0.281 e. The summed E-state index contributed by atoms with van der Waals surface area (Å²) in [4.78, 5) is 209. The van der Waals surface area contributed by atoms with Crippen LogP contribution < -0.4 is 0 Å². The highest BCUT2D eigenvalue weighted by Gasteiger charge is 2.41. The van der Waals surface area contributed by atoms with Gasteiger partial charge in [-0.1, -0.05) is 115 Å². The molecule has 13 heterocycles. The molecular weight excluding hydrogens is 1600 g/mol. The Labute approximate surface area is 739 Å². The third-order valence-corrected chi connectivity index (χ3v) is 21.9. The molecule has 0 aliphatic carbocycles. The Kier molecular flexibility index (Phi) is 32.9. The maximum absolute atomic E-state index is 12.3. The molecule has 0 saturated carbocycles. The Morgan fingerprint density at radius 1 is 0.230 bits per heavy atom. The highest BCUT2D eigenvalue weighted by Crippen LogP contribution is 2.32. The quantitative estimate of drug-likeness (QED) is 0.0913. The number of rotatable bonds is 14. The van der Waals surface area contributed by atoms with Crippen LogP contribution in [0.2, 0.25) is 0 Å². The van der Waals surface area contributed by atoms with E-state index in [1.807, 2.05) is 209 Å².